The number of dihydropyridines is 1. The number of esters is 1. The Kier molecular flexibility index (Phi) is 6.60. The number of carbonyl (C=O) groups is 2. The third kappa shape index (κ3) is 4.31. The van der Waals surface area contributed by atoms with Crippen molar-refractivity contribution in [3.63, 3.8) is 0 Å². The lowest BCUT2D eigenvalue weighted by Gasteiger charge is -2.30. The van der Waals surface area contributed by atoms with Crippen LogP contribution in [0.3, 0.4) is 0 Å². The number of allylic oxidation sites excluding steroid dienone is 2. The van der Waals surface area contributed by atoms with Crippen molar-refractivity contribution in [2.75, 3.05) is 14.2 Å². The molecule has 0 fully saturated rings. The van der Waals surface area contributed by atoms with Crippen molar-refractivity contribution in [3.8, 4) is 11.5 Å². The van der Waals surface area contributed by atoms with Gasteiger partial charge in [-0.05, 0) is 42.3 Å². The predicted molar refractivity (Wildman–Crippen MR) is 140 cm³/mol. The van der Waals surface area contributed by atoms with Gasteiger partial charge >= 0.3 is 5.97 Å². The van der Waals surface area contributed by atoms with Crippen LogP contribution in [0.15, 0.2) is 82.0 Å². The molecule has 5 rings (SSSR count). The lowest BCUT2D eigenvalue weighted by atomic mass is 9.79. The Balaban J connectivity index is 1.60. The van der Waals surface area contributed by atoms with E-state index in [1.807, 2.05) is 18.2 Å². The molecule has 0 amide bonds. The maximum atomic E-state index is 13.6. The molecule has 0 radical (unpaired) electrons. The first-order chi connectivity index (χ1) is 17.8. The SMILES string of the molecule is COC(=O)C1=C(C)NC2=C(C(=O)c3ccccc32)[C@@H]1c1cc(OC)c(OCc2ccc(F)cc2)cc1Br. The van der Waals surface area contributed by atoms with Crippen molar-refractivity contribution in [1.82, 2.24) is 5.32 Å². The molecule has 0 spiro atoms. The van der Waals surface area contributed by atoms with Crippen LogP contribution in [-0.4, -0.2) is 26.0 Å². The highest BCUT2D eigenvalue weighted by molar-refractivity contribution is 9.10. The molecule has 6 nitrogen and oxygen atoms in total. The maximum absolute atomic E-state index is 13.6. The summed E-state index contributed by atoms with van der Waals surface area (Å²) < 4.78 is 30.6. The summed E-state index contributed by atoms with van der Waals surface area (Å²) in [6, 6.07) is 16.9. The average Bonchev–Trinajstić information content (AvgIpc) is 3.18. The third-order valence-corrected chi connectivity index (χ3v) is 7.24. The van der Waals surface area contributed by atoms with Crippen molar-refractivity contribution in [2.24, 2.45) is 0 Å². The van der Waals surface area contributed by atoms with Crippen LogP contribution in [-0.2, 0) is 16.1 Å². The molecule has 3 aromatic rings. The number of halogens is 2. The summed E-state index contributed by atoms with van der Waals surface area (Å²) >= 11 is 3.64. The number of benzene rings is 3. The second kappa shape index (κ2) is 9.86. The van der Waals surface area contributed by atoms with Gasteiger partial charge in [0.1, 0.15) is 12.4 Å². The van der Waals surface area contributed by atoms with E-state index in [4.69, 9.17) is 14.2 Å². The lowest BCUT2D eigenvalue weighted by molar-refractivity contribution is -0.136. The standard InChI is InChI=1S/C29H23BrFNO5/c1-15-24(29(34)36-3)25(26-27(32-15)18-6-4-5-7-19(18)28(26)33)20-12-22(35-2)23(13-21(20)30)37-14-16-8-10-17(31)11-9-16/h4-13,25,32H,14H2,1-3H3/t25-/m1/s1. The minimum absolute atomic E-state index is 0.153. The van der Waals surface area contributed by atoms with E-state index >= 15 is 0 Å². The fourth-order valence-corrected chi connectivity index (χ4v) is 5.36. The van der Waals surface area contributed by atoms with Gasteiger partial charge in [0.15, 0.2) is 17.3 Å². The molecule has 0 saturated heterocycles. The number of hydrogen-bond acceptors (Lipinski definition) is 6. The van der Waals surface area contributed by atoms with Gasteiger partial charge in [-0.3, -0.25) is 4.79 Å². The summed E-state index contributed by atoms with van der Waals surface area (Å²) in [4.78, 5) is 26.6. The zero-order chi connectivity index (χ0) is 26.3. The number of Topliss-reactive ketones (excluding diaryl/α,β-unsaturated/α-hetero) is 1. The number of methoxy groups -OCH3 is 2. The Hall–Kier alpha value is -3.91. The summed E-state index contributed by atoms with van der Waals surface area (Å²) in [5.41, 5.74) is 4.89. The second-order valence-electron chi connectivity index (χ2n) is 8.69. The highest BCUT2D eigenvalue weighted by Gasteiger charge is 2.43. The van der Waals surface area contributed by atoms with Crippen molar-refractivity contribution < 1.29 is 28.2 Å². The van der Waals surface area contributed by atoms with Gasteiger partial charge in [-0.1, -0.05) is 52.3 Å². The van der Waals surface area contributed by atoms with Gasteiger partial charge in [0, 0.05) is 26.9 Å². The number of ketones is 1. The van der Waals surface area contributed by atoms with Crippen molar-refractivity contribution >= 4 is 33.4 Å². The molecule has 2 aliphatic rings. The first-order valence-corrected chi connectivity index (χ1v) is 12.3. The van der Waals surface area contributed by atoms with Crippen LogP contribution in [0.25, 0.3) is 5.70 Å². The fraction of sp³-hybridized carbons (Fsp3) is 0.172. The van der Waals surface area contributed by atoms with Crippen LogP contribution < -0.4 is 14.8 Å². The van der Waals surface area contributed by atoms with E-state index in [1.165, 1.54) is 26.4 Å². The van der Waals surface area contributed by atoms with Gasteiger partial charge < -0.3 is 19.5 Å². The van der Waals surface area contributed by atoms with E-state index in [0.29, 0.717) is 49.6 Å². The average molecular weight is 564 g/mol. The number of rotatable bonds is 6. The van der Waals surface area contributed by atoms with Gasteiger partial charge in [-0.2, -0.15) is 0 Å². The molecule has 188 valence electrons. The summed E-state index contributed by atoms with van der Waals surface area (Å²) in [7, 11) is 2.83. The molecule has 1 N–H and O–H groups in total. The van der Waals surface area contributed by atoms with Crippen molar-refractivity contribution in [1.29, 1.82) is 0 Å². The minimum Gasteiger partial charge on any atom is -0.493 e. The Morgan fingerprint density at radius 3 is 2.41 bits per heavy atom. The fourth-order valence-electron chi connectivity index (χ4n) is 4.81. The normalized spacial score (nSPS) is 16.2. The van der Waals surface area contributed by atoms with Crippen molar-refractivity contribution in [2.45, 2.75) is 19.4 Å². The molecule has 0 bridgehead atoms. The first kappa shape index (κ1) is 24.8. The third-order valence-electron chi connectivity index (χ3n) is 6.56. The molecule has 3 aromatic carbocycles. The Bertz CT molecular complexity index is 1490. The van der Waals surface area contributed by atoms with Crippen LogP contribution in [0.5, 0.6) is 11.5 Å². The highest BCUT2D eigenvalue weighted by atomic mass is 79.9. The van der Waals surface area contributed by atoms with Gasteiger partial charge in [0.2, 0.25) is 0 Å². The van der Waals surface area contributed by atoms with Gasteiger partial charge in [-0.25, -0.2) is 9.18 Å². The molecule has 1 atom stereocenters. The summed E-state index contributed by atoms with van der Waals surface area (Å²) in [6.45, 7) is 1.99. The van der Waals surface area contributed by atoms with E-state index in [1.54, 1.807) is 37.3 Å². The molecule has 8 heteroatoms. The number of carbonyl (C=O) groups excluding carboxylic acids is 2. The molecular formula is C29H23BrFNO5. The maximum Gasteiger partial charge on any atom is 0.336 e. The Morgan fingerprint density at radius 2 is 1.73 bits per heavy atom. The van der Waals surface area contributed by atoms with E-state index in [-0.39, 0.29) is 18.2 Å². The second-order valence-corrected chi connectivity index (χ2v) is 9.55. The molecule has 0 aromatic heterocycles. The number of ether oxygens (including phenoxy) is 3. The van der Waals surface area contributed by atoms with Gasteiger partial charge in [0.05, 0.1) is 31.4 Å². The van der Waals surface area contributed by atoms with Crippen LogP contribution in [0.1, 0.15) is 39.9 Å². The lowest BCUT2D eigenvalue weighted by Crippen LogP contribution is -2.29. The Labute approximate surface area is 221 Å². The molecule has 0 saturated carbocycles. The van der Waals surface area contributed by atoms with E-state index in [0.717, 1.165) is 11.1 Å². The smallest absolute Gasteiger partial charge is 0.336 e. The van der Waals surface area contributed by atoms with E-state index in [2.05, 4.69) is 21.2 Å². The number of fused-ring (bicyclic) bond motifs is 2. The number of hydrogen-bond donors (Lipinski definition) is 1. The molecule has 1 aliphatic carbocycles. The van der Waals surface area contributed by atoms with Crippen LogP contribution in [0, 0.1) is 5.82 Å². The largest absolute Gasteiger partial charge is 0.493 e. The van der Waals surface area contributed by atoms with Crippen LogP contribution in [0.2, 0.25) is 0 Å². The first-order valence-electron chi connectivity index (χ1n) is 11.5. The molecule has 0 unspecified atom stereocenters. The predicted octanol–water partition coefficient (Wildman–Crippen LogP) is 5.92. The van der Waals surface area contributed by atoms with Gasteiger partial charge in [-0.15, -0.1) is 0 Å². The monoisotopic (exact) mass is 563 g/mol. The molecule has 1 heterocycles. The molecule has 1 aliphatic heterocycles. The van der Waals surface area contributed by atoms with E-state index in [9.17, 15) is 14.0 Å². The summed E-state index contributed by atoms with van der Waals surface area (Å²) in [5.74, 6) is -0.847. The van der Waals surface area contributed by atoms with E-state index < -0.39 is 11.9 Å². The van der Waals surface area contributed by atoms with Crippen LogP contribution in [0.4, 0.5) is 4.39 Å². The Morgan fingerprint density at radius 1 is 1.03 bits per heavy atom. The van der Waals surface area contributed by atoms with Crippen LogP contribution >= 0.6 is 15.9 Å². The zero-order valence-corrected chi connectivity index (χ0v) is 21.9. The quantitative estimate of drug-likeness (QED) is 0.375. The molecule has 37 heavy (non-hydrogen) atoms. The zero-order valence-electron chi connectivity index (χ0n) is 20.4. The summed E-state index contributed by atoms with van der Waals surface area (Å²) in [5, 5.41) is 3.27. The van der Waals surface area contributed by atoms with Crippen molar-refractivity contribution in [3.05, 3.63) is 110 Å². The van der Waals surface area contributed by atoms with Gasteiger partial charge in [0.25, 0.3) is 0 Å². The molecular weight excluding hydrogens is 541 g/mol. The minimum atomic E-state index is -0.710. The topological polar surface area (TPSA) is 73.9 Å². The highest BCUT2D eigenvalue weighted by Crippen LogP contribution is 2.50. The number of nitrogens with one attached hydrogen (secondary N) is 1. The summed E-state index contributed by atoms with van der Waals surface area (Å²) in [6.07, 6.45) is 0.